The van der Waals surface area contributed by atoms with Crippen LogP contribution in [0.5, 0.6) is 0 Å². The molecule has 0 aliphatic carbocycles. The molecule has 2 heterocycles. The minimum absolute atomic E-state index is 0.881. The van der Waals surface area contributed by atoms with E-state index in [1.807, 2.05) is 23.0 Å². The number of aromatic nitrogens is 3. The SMILES string of the molecule is CCCCSc1nc(NCC)cn2ccnc12. The van der Waals surface area contributed by atoms with Gasteiger partial charge in [-0.25, -0.2) is 9.97 Å². The highest BCUT2D eigenvalue weighted by atomic mass is 32.2. The summed E-state index contributed by atoms with van der Waals surface area (Å²) in [5.74, 6) is 2.01. The van der Waals surface area contributed by atoms with E-state index >= 15 is 0 Å². The molecule has 0 aliphatic rings. The number of rotatable bonds is 6. The Morgan fingerprint density at radius 3 is 3.06 bits per heavy atom. The van der Waals surface area contributed by atoms with Crippen LogP contribution < -0.4 is 5.32 Å². The lowest BCUT2D eigenvalue weighted by molar-refractivity contribution is 0.894. The van der Waals surface area contributed by atoms with Crippen LogP contribution in [0.3, 0.4) is 0 Å². The van der Waals surface area contributed by atoms with Crippen molar-refractivity contribution >= 4 is 23.2 Å². The van der Waals surface area contributed by atoms with Crippen molar-refractivity contribution in [2.45, 2.75) is 31.7 Å². The molecule has 0 saturated carbocycles. The molecule has 1 N–H and O–H groups in total. The molecule has 0 spiro atoms. The summed E-state index contributed by atoms with van der Waals surface area (Å²) in [6.45, 7) is 5.16. The molecule has 2 aromatic rings. The van der Waals surface area contributed by atoms with Gasteiger partial charge in [0.15, 0.2) is 5.65 Å². The maximum Gasteiger partial charge on any atom is 0.169 e. The van der Waals surface area contributed by atoms with Gasteiger partial charge in [0.05, 0.1) is 6.20 Å². The van der Waals surface area contributed by atoms with Gasteiger partial charge in [-0.2, -0.15) is 0 Å². The predicted octanol–water partition coefficient (Wildman–Crippen LogP) is 3.05. The molecule has 0 aliphatic heterocycles. The largest absolute Gasteiger partial charge is 0.369 e. The van der Waals surface area contributed by atoms with Crippen molar-refractivity contribution in [1.29, 1.82) is 0 Å². The number of nitrogens with one attached hydrogen (secondary N) is 1. The molecule has 2 aromatic heterocycles. The van der Waals surface area contributed by atoms with Crippen molar-refractivity contribution in [1.82, 2.24) is 14.4 Å². The highest BCUT2D eigenvalue weighted by Gasteiger charge is 2.07. The highest BCUT2D eigenvalue weighted by Crippen LogP contribution is 2.23. The first kappa shape index (κ1) is 12.2. The summed E-state index contributed by atoms with van der Waals surface area (Å²) in [6.07, 6.45) is 8.18. The van der Waals surface area contributed by atoms with Gasteiger partial charge < -0.3 is 9.72 Å². The fraction of sp³-hybridized carbons (Fsp3) is 0.500. The van der Waals surface area contributed by atoms with Crippen molar-refractivity contribution in [2.24, 2.45) is 0 Å². The van der Waals surface area contributed by atoms with Crippen LogP contribution >= 0.6 is 11.8 Å². The van der Waals surface area contributed by atoms with Crippen LogP contribution in [0.1, 0.15) is 26.7 Å². The Kier molecular flexibility index (Phi) is 4.25. The van der Waals surface area contributed by atoms with Gasteiger partial charge in [0, 0.05) is 18.9 Å². The van der Waals surface area contributed by atoms with Crippen LogP contribution in [0.15, 0.2) is 23.6 Å². The molecular formula is C12H18N4S. The van der Waals surface area contributed by atoms with Crippen LogP contribution in [0.4, 0.5) is 5.82 Å². The van der Waals surface area contributed by atoms with Crippen LogP contribution in [0, 0.1) is 0 Å². The fourth-order valence-electron chi connectivity index (χ4n) is 1.58. The fourth-order valence-corrected chi connectivity index (χ4v) is 2.66. The zero-order valence-corrected chi connectivity index (χ0v) is 11.1. The number of unbranched alkanes of at least 4 members (excludes halogenated alkanes) is 1. The number of hydrogen-bond donors (Lipinski definition) is 1. The van der Waals surface area contributed by atoms with Crippen LogP contribution in [-0.4, -0.2) is 26.7 Å². The Hall–Kier alpha value is -1.23. The van der Waals surface area contributed by atoms with Crippen molar-refractivity contribution in [2.75, 3.05) is 17.6 Å². The van der Waals surface area contributed by atoms with Crippen LogP contribution in [-0.2, 0) is 0 Å². The minimum Gasteiger partial charge on any atom is -0.369 e. The highest BCUT2D eigenvalue weighted by molar-refractivity contribution is 7.99. The predicted molar refractivity (Wildman–Crippen MR) is 72.8 cm³/mol. The number of fused-ring (bicyclic) bond motifs is 1. The summed E-state index contributed by atoms with van der Waals surface area (Å²) in [4.78, 5) is 8.95. The lowest BCUT2D eigenvalue weighted by Crippen LogP contribution is -2.02. The van der Waals surface area contributed by atoms with Crippen molar-refractivity contribution in [3.05, 3.63) is 18.6 Å². The molecule has 2 rings (SSSR count). The second kappa shape index (κ2) is 5.91. The molecule has 0 unspecified atom stereocenters. The van der Waals surface area contributed by atoms with Gasteiger partial charge in [-0.15, -0.1) is 11.8 Å². The van der Waals surface area contributed by atoms with Crippen molar-refractivity contribution in [3.8, 4) is 0 Å². The van der Waals surface area contributed by atoms with E-state index < -0.39 is 0 Å². The number of imidazole rings is 1. The van der Waals surface area contributed by atoms with E-state index in [4.69, 9.17) is 0 Å². The first-order valence-electron chi connectivity index (χ1n) is 6.05. The molecule has 92 valence electrons. The molecule has 0 fully saturated rings. The number of hydrogen-bond acceptors (Lipinski definition) is 4. The number of nitrogens with zero attached hydrogens (tertiary/aromatic N) is 3. The Morgan fingerprint density at radius 2 is 2.29 bits per heavy atom. The summed E-state index contributed by atoms with van der Waals surface area (Å²) >= 11 is 1.78. The van der Waals surface area contributed by atoms with Gasteiger partial charge in [-0.05, 0) is 19.1 Å². The summed E-state index contributed by atoms with van der Waals surface area (Å²) in [5.41, 5.74) is 0.952. The topological polar surface area (TPSA) is 42.2 Å². The quantitative estimate of drug-likeness (QED) is 0.632. The third kappa shape index (κ3) is 2.91. The molecule has 0 atom stereocenters. The number of anilines is 1. The second-order valence-electron chi connectivity index (χ2n) is 3.82. The Labute approximate surface area is 106 Å². The first-order chi connectivity index (χ1) is 8.35. The smallest absolute Gasteiger partial charge is 0.169 e. The third-order valence-corrected chi connectivity index (χ3v) is 3.48. The Balaban J connectivity index is 2.26. The summed E-state index contributed by atoms with van der Waals surface area (Å²) in [6, 6.07) is 0. The van der Waals surface area contributed by atoms with Gasteiger partial charge in [0.1, 0.15) is 10.8 Å². The number of thioether (sulfide) groups is 1. The summed E-state index contributed by atoms with van der Waals surface area (Å²) in [5, 5.41) is 4.26. The van der Waals surface area contributed by atoms with Gasteiger partial charge in [-0.1, -0.05) is 13.3 Å². The third-order valence-electron chi connectivity index (χ3n) is 2.44. The second-order valence-corrected chi connectivity index (χ2v) is 4.91. The lowest BCUT2D eigenvalue weighted by atomic mass is 10.4. The standard InChI is InChI=1S/C12H18N4S/c1-3-5-8-17-12-11-14-6-7-16(11)9-10(15-12)13-4-2/h6-7,9,13H,3-5,8H2,1-2H3. The van der Waals surface area contributed by atoms with Gasteiger partial charge in [-0.3, -0.25) is 0 Å². The van der Waals surface area contributed by atoms with Gasteiger partial charge in [0.2, 0.25) is 0 Å². The average Bonchev–Trinajstić information content (AvgIpc) is 2.78. The monoisotopic (exact) mass is 250 g/mol. The van der Waals surface area contributed by atoms with Gasteiger partial charge >= 0.3 is 0 Å². The van der Waals surface area contributed by atoms with E-state index in [9.17, 15) is 0 Å². The molecule has 4 nitrogen and oxygen atoms in total. The molecule has 0 aromatic carbocycles. The maximum atomic E-state index is 4.60. The van der Waals surface area contributed by atoms with Gasteiger partial charge in [0.25, 0.3) is 0 Å². The Morgan fingerprint density at radius 1 is 1.41 bits per heavy atom. The molecule has 0 saturated heterocycles. The lowest BCUT2D eigenvalue weighted by Gasteiger charge is -2.07. The first-order valence-corrected chi connectivity index (χ1v) is 7.04. The van der Waals surface area contributed by atoms with E-state index in [0.29, 0.717) is 0 Å². The molecule has 0 bridgehead atoms. The van der Waals surface area contributed by atoms with E-state index in [-0.39, 0.29) is 0 Å². The summed E-state index contributed by atoms with van der Waals surface area (Å²) in [7, 11) is 0. The zero-order valence-electron chi connectivity index (χ0n) is 10.3. The van der Waals surface area contributed by atoms with E-state index in [1.165, 1.54) is 12.8 Å². The minimum atomic E-state index is 0.881. The van der Waals surface area contributed by atoms with Crippen LogP contribution in [0.25, 0.3) is 5.65 Å². The van der Waals surface area contributed by atoms with E-state index in [1.54, 1.807) is 11.8 Å². The van der Waals surface area contributed by atoms with Crippen molar-refractivity contribution in [3.63, 3.8) is 0 Å². The molecule has 5 heteroatoms. The van der Waals surface area contributed by atoms with E-state index in [0.717, 1.165) is 28.8 Å². The normalized spacial score (nSPS) is 10.9. The average molecular weight is 250 g/mol. The van der Waals surface area contributed by atoms with Crippen molar-refractivity contribution < 1.29 is 0 Å². The Bertz CT molecular complexity index is 480. The zero-order chi connectivity index (χ0) is 12.1. The summed E-state index contributed by atoms with van der Waals surface area (Å²) < 4.78 is 2.03. The molecule has 0 radical (unpaired) electrons. The molecular weight excluding hydrogens is 232 g/mol. The molecule has 0 amide bonds. The maximum absolute atomic E-state index is 4.60. The van der Waals surface area contributed by atoms with Crippen LogP contribution in [0.2, 0.25) is 0 Å². The molecule has 17 heavy (non-hydrogen) atoms. The van der Waals surface area contributed by atoms with E-state index in [2.05, 4.69) is 29.1 Å².